The van der Waals surface area contributed by atoms with Crippen molar-refractivity contribution in [3.63, 3.8) is 0 Å². The Labute approximate surface area is 90.7 Å². The summed E-state index contributed by atoms with van der Waals surface area (Å²) in [7, 11) is 1.92. The van der Waals surface area contributed by atoms with Crippen molar-refractivity contribution in [2.75, 3.05) is 13.6 Å². The zero-order chi connectivity index (χ0) is 10.4. The first-order chi connectivity index (χ1) is 6.70. The minimum absolute atomic E-state index is 0.470. The molecule has 3 heteroatoms. The van der Waals surface area contributed by atoms with Gasteiger partial charge in [-0.05, 0) is 30.6 Å². The molecular formula is C11H16N2S. The number of nitrogens with zero attached hydrogens (tertiary/aromatic N) is 1. The number of thiocarbonyl (C=S) groups is 1. The van der Waals surface area contributed by atoms with Gasteiger partial charge in [0.2, 0.25) is 0 Å². The van der Waals surface area contributed by atoms with Crippen molar-refractivity contribution in [2.45, 2.75) is 12.8 Å². The molecule has 14 heavy (non-hydrogen) atoms. The summed E-state index contributed by atoms with van der Waals surface area (Å²) < 4.78 is 0. The van der Waals surface area contributed by atoms with Crippen LogP contribution in [0.4, 0.5) is 0 Å². The Hall–Kier alpha value is -1.09. The van der Waals surface area contributed by atoms with Gasteiger partial charge in [-0.25, -0.2) is 0 Å². The van der Waals surface area contributed by atoms with Crippen LogP contribution in [0.1, 0.15) is 12.0 Å². The molecule has 0 saturated carbocycles. The van der Waals surface area contributed by atoms with E-state index < -0.39 is 0 Å². The molecule has 0 bridgehead atoms. The van der Waals surface area contributed by atoms with Gasteiger partial charge < -0.3 is 10.6 Å². The lowest BCUT2D eigenvalue weighted by Gasteiger charge is -2.16. The molecule has 0 spiro atoms. The zero-order valence-electron chi connectivity index (χ0n) is 8.44. The third-order valence-corrected chi connectivity index (χ3v) is 2.49. The molecule has 2 N–H and O–H groups in total. The molecule has 0 unspecified atom stereocenters. The van der Waals surface area contributed by atoms with E-state index in [-0.39, 0.29) is 0 Å². The lowest BCUT2D eigenvalue weighted by molar-refractivity contribution is 0.491. The van der Waals surface area contributed by atoms with Gasteiger partial charge in [0.15, 0.2) is 5.11 Å². The molecule has 0 saturated heterocycles. The Morgan fingerprint density at radius 1 is 1.36 bits per heavy atom. The Morgan fingerprint density at radius 3 is 2.57 bits per heavy atom. The number of rotatable bonds is 4. The van der Waals surface area contributed by atoms with Gasteiger partial charge in [0, 0.05) is 13.6 Å². The van der Waals surface area contributed by atoms with E-state index in [1.807, 2.05) is 18.0 Å². The topological polar surface area (TPSA) is 29.3 Å². The maximum absolute atomic E-state index is 5.47. The lowest BCUT2D eigenvalue weighted by atomic mass is 10.1. The molecule has 0 aliphatic heterocycles. The normalized spacial score (nSPS) is 9.79. The summed E-state index contributed by atoms with van der Waals surface area (Å²) >= 11 is 4.85. The molecule has 2 nitrogen and oxygen atoms in total. The Morgan fingerprint density at radius 2 is 2.00 bits per heavy atom. The Bertz CT molecular complexity index is 285. The quantitative estimate of drug-likeness (QED) is 0.765. The van der Waals surface area contributed by atoms with Gasteiger partial charge in [0.1, 0.15) is 0 Å². The molecule has 0 heterocycles. The molecule has 0 aliphatic rings. The van der Waals surface area contributed by atoms with E-state index in [2.05, 4.69) is 24.3 Å². The highest BCUT2D eigenvalue weighted by Crippen LogP contribution is 2.02. The average molecular weight is 208 g/mol. The lowest BCUT2D eigenvalue weighted by Crippen LogP contribution is -2.32. The summed E-state index contributed by atoms with van der Waals surface area (Å²) in [5.41, 5.74) is 6.84. The van der Waals surface area contributed by atoms with Crippen molar-refractivity contribution >= 4 is 17.3 Å². The summed E-state index contributed by atoms with van der Waals surface area (Å²) in [5.74, 6) is 0. The van der Waals surface area contributed by atoms with E-state index in [0.717, 1.165) is 19.4 Å². The van der Waals surface area contributed by atoms with Crippen LogP contribution in [0.3, 0.4) is 0 Å². The van der Waals surface area contributed by atoms with Crippen LogP contribution in [0, 0.1) is 0 Å². The molecule has 0 aromatic heterocycles. The Kier molecular flexibility index (Phi) is 4.40. The van der Waals surface area contributed by atoms with Crippen molar-refractivity contribution in [3.05, 3.63) is 35.9 Å². The second-order valence-electron chi connectivity index (χ2n) is 3.35. The second kappa shape index (κ2) is 5.60. The molecular weight excluding hydrogens is 192 g/mol. The van der Waals surface area contributed by atoms with Gasteiger partial charge in [-0.15, -0.1) is 0 Å². The fourth-order valence-corrected chi connectivity index (χ4v) is 1.37. The minimum atomic E-state index is 0.470. The predicted octanol–water partition coefficient (Wildman–Crippen LogP) is 1.79. The number of nitrogens with two attached hydrogens (primary N) is 1. The summed E-state index contributed by atoms with van der Waals surface area (Å²) in [6.07, 6.45) is 2.16. The van der Waals surface area contributed by atoms with Gasteiger partial charge in [0.25, 0.3) is 0 Å². The number of hydrogen-bond acceptors (Lipinski definition) is 1. The van der Waals surface area contributed by atoms with Crippen LogP contribution in [-0.2, 0) is 6.42 Å². The minimum Gasteiger partial charge on any atom is -0.376 e. The van der Waals surface area contributed by atoms with Crippen LogP contribution in [0.25, 0.3) is 0 Å². The van der Waals surface area contributed by atoms with Crippen molar-refractivity contribution in [1.82, 2.24) is 4.90 Å². The first kappa shape index (κ1) is 11.0. The Balaban J connectivity index is 2.26. The van der Waals surface area contributed by atoms with Gasteiger partial charge in [-0.1, -0.05) is 30.3 Å². The van der Waals surface area contributed by atoms with Crippen molar-refractivity contribution in [3.8, 4) is 0 Å². The van der Waals surface area contributed by atoms with Gasteiger partial charge in [-0.3, -0.25) is 0 Å². The first-order valence-corrected chi connectivity index (χ1v) is 5.15. The number of aryl methyl sites for hydroxylation is 1. The highest BCUT2D eigenvalue weighted by Gasteiger charge is 1.98. The molecule has 1 aromatic rings. The van der Waals surface area contributed by atoms with E-state index >= 15 is 0 Å². The second-order valence-corrected chi connectivity index (χ2v) is 3.77. The van der Waals surface area contributed by atoms with Crippen LogP contribution in [0.15, 0.2) is 30.3 Å². The molecule has 0 atom stereocenters. The van der Waals surface area contributed by atoms with Gasteiger partial charge in [0.05, 0.1) is 0 Å². The SMILES string of the molecule is CN(CCCc1ccccc1)C(N)=S. The molecule has 0 radical (unpaired) electrons. The van der Waals surface area contributed by atoms with E-state index in [4.69, 9.17) is 18.0 Å². The van der Waals surface area contributed by atoms with Crippen LogP contribution < -0.4 is 5.73 Å². The predicted molar refractivity (Wildman–Crippen MR) is 64.2 cm³/mol. The smallest absolute Gasteiger partial charge is 0.166 e. The summed E-state index contributed by atoms with van der Waals surface area (Å²) in [5, 5.41) is 0.470. The van der Waals surface area contributed by atoms with E-state index in [1.54, 1.807) is 0 Å². The molecule has 76 valence electrons. The maximum Gasteiger partial charge on any atom is 0.166 e. The van der Waals surface area contributed by atoms with E-state index in [0.29, 0.717) is 5.11 Å². The van der Waals surface area contributed by atoms with Crippen molar-refractivity contribution in [2.24, 2.45) is 5.73 Å². The van der Waals surface area contributed by atoms with E-state index in [1.165, 1.54) is 5.56 Å². The van der Waals surface area contributed by atoms with Crippen molar-refractivity contribution in [1.29, 1.82) is 0 Å². The standard InChI is InChI=1S/C11H16N2S/c1-13(11(12)14)9-5-8-10-6-3-2-4-7-10/h2-4,6-7H,5,8-9H2,1H3,(H2,12,14). The number of hydrogen-bond donors (Lipinski definition) is 1. The van der Waals surface area contributed by atoms with Gasteiger partial charge >= 0.3 is 0 Å². The molecule has 0 amide bonds. The fourth-order valence-electron chi connectivity index (χ4n) is 1.28. The molecule has 1 aromatic carbocycles. The zero-order valence-corrected chi connectivity index (χ0v) is 9.26. The highest BCUT2D eigenvalue weighted by atomic mass is 32.1. The summed E-state index contributed by atoms with van der Waals surface area (Å²) in [6, 6.07) is 10.4. The van der Waals surface area contributed by atoms with Gasteiger partial charge in [-0.2, -0.15) is 0 Å². The first-order valence-electron chi connectivity index (χ1n) is 4.74. The van der Waals surface area contributed by atoms with Crippen LogP contribution in [0.5, 0.6) is 0 Å². The van der Waals surface area contributed by atoms with Crippen molar-refractivity contribution < 1.29 is 0 Å². The van der Waals surface area contributed by atoms with Crippen LogP contribution in [-0.4, -0.2) is 23.6 Å². The van der Waals surface area contributed by atoms with Crippen LogP contribution >= 0.6 is 12.2 Å². The molecule has 0 fully saturated rings. The largest absolute Gasteiger partial charge is 0.376 e. The highest BCUT2D eigenvalue weighted by molar-refractivity contribution is 7.80. The van der Waals surface area contributed by atoms with Crippen LogP contribution in [0.2, 0.25) is 0 Å². The van der Waals surface area contributed by atoms with E-state index in [9.17, 15) is 0 Å². The molecule has 0 aliphatic carbocycles. The maximum atomic E-state index is 5.47. The summed E-state index contributed by atoms with van der Waals surface area (Å²) in [6.45, 7) is 0.921. The average Bonchev–Trinajstić information content (AvgIpc) is 2.19. The molecule has 1 rings (SSSR count). The third-order valence-electron chi connectivity index (χ3n) is 2.18. The monoisotopic (exact) mass is 208 g/mol. The number of benzene rings is 1. The summed E-state index contributed by atoms with van der Waals surface area (Å²) in [4.78, 5) is 1.90. The third kappa shape index (κ3) is 3.75. The fraction of sp³-hybridized carbons (Fsp3) is 0.364.